The number of thioether (sulfide) groups is 1. The van der Waals surface area contributed by atoms with E-state index in [2.05, 4.69) is 6.92 Å². The number of oxazole rings is 1. The number of aromatic nitrogens is 1. The summed E-state index contributed by atoms with van der Waals surface area (Å²) in [7, 11) is 0. The maximum Gasteiger partial charge on any atom is 0.313 e. The zero-order valence-electron chi connectivity index (χ0n) is 18.1. The molecule has 1 fully saturated rings. The third-order valence-electron chi connectivity index (χ3n) is 5.75. The second kappa shape index (κ2) is 11.4. The third kappa shape index (κ3) is 6.79. The Balaban J connectivity index is 1.55. The summed E-state index contributed by atoms with van der Waals surface area (Å²) < 4.78 is 12.0. The topological polar surface area (TPSA) is 76.5 Å². The van der Waals surface area contributed by atoms with Crippen molar-refractivity contribution >= 4 is 23.8 Å². The van der Waals surface area contributed by atoms with E-state index in [4.69, 9.17) is 18.9 Å². The Labute approximate surface area is 183 Å². The maximum absolute atomic E-state index is 10.5. The van der Waals surface area contributed by atoms with Crippen molar-refractivity contribution in [3.63, 3.8) is 0 Å². The second-order valence-electron chi connectivity index (χ2n) is 8.22. The highest BCUT2D eigenvalue weighted by Crippen LogP contribution is 2.38. The van der Waals surface area contributed by atoms with E-state index >= 15 is 0 Å². The van der Waals surface area contributed by atoms with Gasteiger partial charge in [-0.2, -0.15) is 0 Å². The number of hydrogen-bond donors (Lipinski definition) is 1. The number of hydrogen-bond acceptors (Lipinski definition) is 5. The smallest absolute Gasteiger partial charge is 0.313 e. The molecular weight excluding hydrogens is 398 g/mol. The molecule has 6 heteroatoms. The molecule has 164 valence electrons. The van der Waals surface area contributed by atoms with Crippen molar-refractivity contribution in [3.8, 4) is 0 Å². The van der Waals surface area contributed by atoms with E-state index in [-0.39, 0.29) is 5.75 Å². The van der Waals surface area contributed by atoms with Crippen LogP contribution in [-0.4, -0.2) is 27.6 Å². The third-order valence-corrected chi connectivity index (χ3v) is 6.63. The van der Waals surface area contributed by atoms with Crippen LogP contribution in [-0.2, 0) is 11.2 Å². The molecule has 0 spiro atoms. The molecule has 0 aromatic carbocycles. The molecular formula is C24H33NO4S. The molecule has 5 nitrogen and oxygen atoms in total. The number of aryl methyl sites for hydroxylation is 1. The van der Waals surface area contributed by atoms with Gasteiger partial charge in [0.25, 0.3) is 0 Å². The van der Waals surface area contributed by atoms with E-state index in [9.17, 15) is 4.79 Å². The predicted molar refractivity (Wildman–Crippen MR) is 121 cm³/mol. The van der Waals surface area contributed by atoms with E-state index in [0.717, 1.165) is 34.8 Å². The van der Waals surface area contributed by atoms with Crippen LogP contribution in [0.5, 0.6) is 0 Å². The lowest BCUT2D eigenvalue weighted by Gasteiger charge is -2.27. The largest absolute Gasteiger partial charge is 0.481 e. The highest BCUT2D eigenvalue weighted by Gasteiger charge is 2.27. The number of furan rings is 1. The minimum absolute atomic E-state index is 0.113. The summed E-state index contributed by atoms with van der Waals surface area (Å²) in [4.78, 5) is 15.4. The summed E-state index contributed by atoms with van der Waals surface area (Å²) in [5, 5.41) is 8.65. The number of carboxylic acid groups (broad SMARTS) is 1. The van der Waals surface area contributed by atoms with E-state index < -0.39 is 5.97 Å². The van der Waals surface area contributed by atoms with Crippen LogP contribution in [0.2, 0.25) is 0 Å². The fourth-order valence-electron chi connectivity index (χ4n) is 4.18. The summed E-state index contributed by atoms with van der Waals surface area (Å²) >= 11 is 1.36. The molecule has 0 saturated heterocycles. The fraction of sp³-hybridized carbons (Fsp3) is 0.583. The zero-order chi connectivity index (χ0) is 21.3. The van der Waals surface area contributed by atoms with Crippen LogP contribution in [0, 0.1) is 12.8 Å². The molecule has 2 aromatic rings. The molecule has 0 amide bonds. The number of rotatable bonds is 11. The summed E-state index contributed by atoms with van der Waals surface area (Å²) in [6.45, 7) is 4.25. The van der Waals surface area contributed by atoms with Crippen molar-refractivity contribution in [1.82, 2.24) is 4.98 Å². The van der Waals surface area contributed by atoms with Gasteiger partial charge in [0.1, 0.15) is 17.3 Å². The minimum atomic E-state index is -0.791. The zero-order valence-corrected chi connectivity index (χ0v) is 18.9. The number of carbonyl (C=O) groups is 1. The average molecular weight is 432 g/mol. The molecule has 2 atom stereocenters. The molecule has 3 rings (SSSR count). The summed E-state index contributed by atoms with van der Waals surface area (Å²) in [6.07, 6.45) is 13.4. The van der Waals surface area contributed by atoms with Gasteiger partial charge in [-0.15, -0.1) is 11.8 Å². The van der Waals surface area contributed by atoms with Gasteiger partial charge in [-0.25, -0.2) is 4.98 Å². The Morgan fingerprint density at radius 1 is 1.33 bits per heavy atom. The van der Waals surface area contributed by atoms with Gasteiger partial charge in [0.15, 0.2) is 5.89 Å². The lowest BCUT2D eigenvalue weighted by Crippen LogP contribution is -2.14. The lowest BCUT2D eigenvalue weighted by atomic mass is 9.79. The Kier molecular flexibility index (Phi) is 8.67. The first-order valence-corrected chi connectivity index (χ1v) is 12.2. The highest BCUT2D eigenvalue weighted by molar-refractivity contribution is 8.00. The van der Waals surface area contributed by atoms with Gasteiger partial charge in [0.2, 0.25) is 0 Å². The number of carboxylic acids is 1. The molecule has 1 N–H and O–H groups in total. The normalized spacial score (nSPS) is 19.5. The summed E-state index contributed by atoms with van der Waals surface area (Å²) in [5.41, 5.74) is 0.961. The van der Waals surface area contributed by atoms with Crippen molar-refractivity contribution in [3.05, 3.63) is 47.1 Å². The van der Waals surface area contributed by atoms with Gasteiger partial charge >= 0.3 is 5.97 Å². The average Bonchev–Trinajstić information content (AvgIpc) is 3.33. The molecule has 2 aromatic heterocycles. The molecule has 2 unspecified atom stereocenters. The van der Waals surface area contributed by atoms with Crippen molar-refractivity contribution in [2.45, 2.75) is 71.1 Å². The summed E-state index contributed by atoms with van der Waals surface area (Å²) in [6, 6.07) is 3.91. The van der Waals surface area contributed by atoms with Crippen molar-refractivity contribution < 1.29 is 18.7 Å². The van der Waals surface area contributed by atoms with Crippen LogP contribution >= 0.6 is 11.8 Å². The summed E-state index contributed by atoms with van der Waals surface area (Å²) in [5.74, 6) is 4.66. The molecule has 1 saturated carbocycles. The predicted octanol–water partition coefficient (Wildman–Crippen LogP) is 6.46. The van der Waals surface area contributed by atoms with Crippen molar-refractivity contribution in [2.24, 2.45) is 5.92 Å². The van der Waals surface area contributed by atoms with Crippen LogP contribution in [0.4, 0.5) is 0 Å². The van der Waals surface area contributed by atoms with Crippen molar-refractivity contribution in [1.29, 1.82) is 0 Å². The first kappa shape index (κ1) is 22.7. The van der Waals surface area contributed by atoms with Crippen LogP contribution in [0.25, 0.3) is 6.08 Å². The lowest BCUT2D eigenvalue weighted by molar-refractivity contribution is -0.133. The Morgan fingerprint density at radius 3 is 3.00 bits per heavy atom. The van der Waals surface area contributed by atoms with Gasteiger partial charge in [0.05, 0.1) is 17.9 Å². The van der Waals surface area contributed by atoms with Crippen molar-refractivity contribution in [2.75, 3.05) is 11.5 Å². The number of unbranched alkanes of at least 4 members (excludes halogenated alkanes) is 1. The molecule has 1 aliphatic rings. The van der Waals surface area contributed by atoms with E-state index in [1.807, 2.05) is 31.2 Å². The van der Waals surface area contributed by atoms with Gasteiger partial charge in [0, 0.05) is 11.7 Å². The number of nitrogens with zero attached hydrogens (tertiary/aromatic N) is 1. The molecule has 1 aliphatic carbocycles. The van der Waals surface area contributed by atoms with Crippen LogP contribution in [0.15, 0.2) is 27.0 Å². The molecule has 30 heavy (non-hydrogen) atoms. The quantitative estimate of drug-likeness (QED) is 0.411. The monoisotopic (exact) mass is 431 g/mol. The van der Waals surface area contributed by atoms with Gasteiger partial charge in [-0.3, -0.25) is 4.79 Å². The van der Waals surface area contributed by atoms with Gasteiger partial charge < -0.3 is 13.9 Å². The van der Waals surface area contributed by atoms with E-state index in [1.165, 1.54) is 56.7 Å². The Morgan fingerprint density at radius 2 is 2.20 bits per heavy atom. The van der Waals surface area contributed by atoms with E-state index in [0.29, 0.717) is 18.1 Å². The molecule has 2 heterocycles. The first-order valence-electron chi connectivity index (χ1n) is 11.1. The molecule has 0 bridgehead atoms. The van der Waals surface area contributed by atoms with E-state index in [1.54, 1.807) is 0 Å². The SMILES string of the molecule is CCCCC1CCCC(c2nc(Cc3ccc(/C=C/CSCC(=O)O)o3)c(C)o2)C1. The second-order valence-corrected chi connectivity index (χ2v) is 9.25. The molecule has 0 aliphatic heterocycles. The molecule has 0 radical (unpaired) electrons. The number of aliphatic carboxylic acids is 1. The van der Waals surface area contributed by atoms with Crippen LogP contribution in [0.1, 0.15) is 86.7 Å². The van der Waals surface area contributed by atoms with Gasteiger partial charge in [-0.1, -0.05) is 45.1 Å². The maximum atomic E-state index is 10.5. The standard InChI is InChI=1S/C24H33NO4S/c1-3-4-7-18-8-5-9-19(14-18)24-25-22(17(2)28-24)15-21-12-11-20(29-21)10-6-13-30-16-23(26)27/h6,10-12,18-19H,3-5,7-9,13-16H2,1-2H3,(H,26,27)/b10-6+. The first-order chi connectivity index (χ1) is 14.5. The fourth-order valence-corrected chi connectivity index (χ4v) is 4.71. The van der Waals surface area contributed by atoms with Crippen LogP contribution < -0.4 is 0 Å². The van der Waals surface area contributed by atoms with Crippen LogP contribution in [0.3, 0.4) is 0 Å². The Hall–Kier alpha value is -1.95. The van der Waals surface area contributed by atoms with Gasteiger partial charge in [-0.05, 0) is 43.9 Å². The minimum Gasteiger partial charge on any atom is -0.481 e. The Bertz CT molecular complexity index is 838. The highest BCUT2D eigenvalue weighted by atomic mass is 32.2.